The molecule has 2 aromatic rings. The predicted molar refractivity (Wildman–Crippen MR) is 67.2 cm³/mol. The Kier molecular flexibility index (Phi) is 3.82. The molecule has 0 aliphatic heterocycles. The Morgan fingerprint density at radius 1 is 1.00 bits per heavy atom. The Morgan fingerprint density at radius 3 is 2.39 bits per heavy atom. The number of ether oxygens (including phenoxy) is 1. The average molecular weight is 269 g/mol. The van der Waals surface area contributed by atoms with Crippen molar-refractivity contribution in [3.05, 3.63) is 59.2 Å². The smallest absolute Gasteiger partial charge is 0.133 e. The van der Waals surface area contributed by atoms with Crippen molar-refractivity contribution in [3.63, 3.8) is 0 Å². The van der Waals surface area contributed by atoms with Gasteiger partial charge in [0.1, 0.15) is 23.1 Å². The largest absolute Gasteiger partial charge is 0.457 e. The molecule has 0 bridgehead atoms. The van der Waals surface area contributed by atoms with E-state index in [1.807, 2.05) is 0 Å². The van der Waals surface area contributed by atoms with Gasteiger partial charge in [0.2, 0.25) is 0 Å². The number of alkyl halides is 1. The molecule has 0 radical (unpaired) electrons. The molecule has 0 fully saturated rings. The van der Waals surface area contributed by atoms with Crippen LogP contribution in [0.3, 0.4) is 0 Å². The predicted octanol–water partition coefficient (Wildman–Crippen LogP) is 4.80. The molecule has 0 N–H and O–H groups in total. The van der Waals surface area contributed by atoms with Crippen molar-refractivity contribution >= 4 is 11.6 Å². The summed E-state index contributed by atoms with van der Waals surface area (Å²) >= 11 is 5.72. The normalized spacial score (nSPS) is 10.4. The van der Waals surface area contributed by atoms with Gasteiger partial charge in [-0.25, -0.2) is 8.78 Å². The lowest BCUT2D eigenvalue weighted by molar-refractivity contribution is 0.467. The highest BCUT2D eigenvalue weighted by Crippen LogP contribution is 2.29. The van der Waals surface area contributed by atoms with E-state index in [4.69, 9.17) is 16.3 Å². The number of halogens is 3. The van der Waals surface area contributed by atoms with Crippen LogP contribution in [0, 0.1) is 18.6 Å². The van der Waals surface area contributed by atoms with Crippen LogP contribution in [0.1, 0.15) is 11.1 Å². The maximum atomic E-state index is 13.1. The van der Waals surface area contributed by atoms with Crippen molar-refractivity contribution in [2.75, 3.05) is 0 Å². The summed E-state index contributed by atoms with van der Waals surface area (Å²) in [5.74, 6) is 0.189. The van der Waals surface area contributed by atoms with Crippen molar-refractivity contribution in [1.29, 1.82) is 0 Å². The average Bonchev–Trinajstić information content (AvgIpc) is 2.36. The van der Waals surface area contributed by atoms with Gasteiger partial charge in [0, 0.05) is 11.6 Å². The van der Waals surface area contributed by atoms with E-state index in [9.17, 15) is 8.78 Å². The van der Waals surface area contributed by atoms with Crippen LogP contribution < -0.4 is 4.74 Å². The Balaban J connectivity index is 2.36. The van der Waals surface area contributed by atoms with Gasteiger partial charge in [0.05, 0.1) is 5.88 Å². The lowest BCUT2D eigenvalue weighted by atomic mass is 10.2. The minimum atomic E-state index is -0.384. The van der Waals surface area contributed by atoms with Crippen molar-refractivity contribution in [1.82, 2.24) is 0 Å². The second-order valence-electron chi connectivity index (χ2n) is 3.90. The lowest BCUT2D eigenvalue weighted by Crippen LogP contribution is -1.93. The Hall–Kier alpha value is -1.61. The zero-order chi connectivity index (χ0) is 13.1. The first kappa shape index (κ1) is 12.8. The fourth-order valence-electron chi connectivity index (χ4n) is 1.55. The van der Waals surface area contributed by atoms with Gasteiger partial charge in [-0.05, 0) is 36.8 Å². The molecular formula is C14H11ClF2O. The molecule has 0 aliphatic carbocycles. The molecule has 0 aromatic heterocycles. The molecule has 1 nitrogen and oxygen atoms in total. The van der Waals surface area contributed by atoms with Crippen molar-refractivity contribution in [3.8, 4) is 11.5 Å². The highest BCUT2D eigenvalue weighted by Gasteiger charge is 2.08. The van der Waals surface area contributed by atoms with Gasteiger partial charge in [-0.1, -0.05) is 6.07 Å². The van der Waals surface area contributed by atoms with Gasteiger partial charge < -0.3 is 4.74 Å². The third-order valence-electron chi connectivity index (χ3n) is 2.54. The van der Waals surface area contributed by atoms with E-state index in [1.54, 1.807) is 13.0 Å². The molecule has 0 saturated heterocycles. The summed E-state index contributed by atoms with van der Waals surface area (Å²) in [6, 6.07) is 8.33. The summed E-state index contributed by atoms with van der Waals surface area (Å²) in [6.45, 7) is 1.80. The van der Waals surface area contributed by atoms with Crippen LogP contribution in [-0.2, 0) is 5.88 Å². The zero-order valence-electron chi connectivity index (χ0n) is 9.71. The third kappa shape index (κ3) is 2.79. The standard InChI is InChI=1S/C14H11ClF2O/c1-9-2-3-12(17)7-14(9)18-13-5-4-11(16)6-10(13)8-15/h2-7H,8H2,1H3. The quantitative estimate of drug-likeness (QED) is 0.726. The van der Waals surface area contributed by atoms with Crippen LogP contribution in [0.2, 0.25) is 0 Å². The first-order chi connectivity index (χ1) is 8.60. The van der Waals surface area contributed by atoms with E-state index >= 15 is 0 Å². The Labute approximate surface area is 109 Å². The monoisotopic (exact) mass is 268 g/mol. The summed E-state index contributed by atoms with van der Waals surface area (Å²) in [5.41, 5.74) is 1.32. The van der Waals surface area contributed by atoms with E-state index in [0.29, 0.717) is 17.1 Å². The van der Waals surface area contributed by atoms with Crippen LogP contribution in [-0.4, -0.2) is 0 Å². The van der Waals surface area contributed by atoms with Gasteiger partial charge in [0.25, 0.3) is 0 Å². The summed E-state index contributed by atoms with van der Waals surface area (Å²) in [7, 11) is 0. The third-order valence-corrected chi connectivity index (χ3v) is 2.82. The molecule has 4 heteroatoms. The topological polar surface area (TPSA) is 9.23 Å². The Bertz CT molecular complexity index is 570. The summed E-state index contributed by atoms with van der Waals surface area (Å²) in [6.07, 6.45) is 0. The fourth-order valence-corrected chi connectivity index (χ4v) is 1.76. The molecule has 0 amide bonds. The van der Waals surface area contributed by atoms with Crippen LogP contribution in [0.25, 0.3) is 0 Å². The van der Waals surface area contributed by atoms with Crippen molar-refractivity contribution < 1.29 is 13.5 Å². The molecule has 94 valence electrons. The maximum Gasteiger partial charge on any atom is 0.133 e. The van der Waals surface area contributed by atoms with E-state index in [-0.39, 0.29) is 17.5 Å². The van der Waals surface area contributed by atoms with Gasteiger partial charge in [-0.15, -0.1) is 11.6 Å². The maximum absolute atomic E-state index is 13.1. The van der Waals surface area contributed by atoms with Crippen LogP contribution >= 0.6 is 11.6 Å². The Morgan fingerprint density at radius 2 is 1.67 bits per heavy atom. The molecule has 18 heavy (non-hydrogen) atoms. The van der Waals surface area contributed by atoms with Gasteiger partial charge in [0.15, 0.2) is 0 Å². The van der Waals surface area contributed by atoms with Crippen LogP contribution in [0.5, 0.6) is 11.5 Å². The number of hydrogen-bond donors (Lipinski definition) is 0. The van der Waals surface area contributed by atoms with Crippen molar-refractivity contribution in [2.45, 2.75) is 12.8 Å². The molecule has 0 atom stereocenters. The van der Waals surface area contributed by atoms with Gasteiger partial charge in [-0.3, -0.25) is 0 Å². The number of rotatable bonds is 3. The number of hydrogen-bond acceptors (Lipinski definition) is 1. The first-order valence-corrected chi connectivity index (χ1v) is 5.92. The highest BCUT2D eigenvalue weighted by molar-refractivity contribution is 6.17. The molecule has 0 spiro atoms. The molecular weight excluding hydrogens is 258 g/mol. The molecule has 0 unspecified atom stereocenters. The van der Waals surface area contributed by atoms with Gasteiger partial charge >= 0.3 is 0 Å². The highest BCUT2D eigenvalue weighted by atomic mass is 35.5. The SMILES string of the molecule is Cc1ccc(F)cc1Oc1ccc(F)cc1CCl. The summed E-state index contributed by atoms with van der Waals surface area (Å²) in [5, 5.41) is 0. The van der Waals surface area contributed by atoms with Crippen LogP contribution in [0.15, 0.2) is 36.4 Å². The first-order valence-electron chi connectivity index (χ1n) is 5.38. The molecule has 0 aliphatic rings. The lowest BCUT2D eigenvalue weighted by Gasteiger charge is -2.11. The zero-order valence-corrected chi connectivity index (χ0v) is 10.5. The second kappa shape index (κ2) is 5.36. The summed E-state index contributed by atoms with van der Waals surface area (Å²) < 4.78 is 31.7. The van der Waals surface area contributed by atoms with E-state index < -0.39 is 0 Å². The molecule has 2 rings (SSSR count). The summed E-state index contributed by atoms with van der Waals surface area (Å²) in [4.78, 5) is 0. The van der Waals surface area contributed by atoms with Crippen LogP contribution in [0.4, 0.5) is 8.78 Å². The van der Waals surface area contributed by atoms with E-state index in [1.165, 1.54) is 30.3 Å². The number of aryl methyl sites for hydroxylation is 1. The molecule has 0 heterocycles. The minimum Gasteiger partial charge on any atom is -0.457 e. The molecule has 2 aromatic carbocycles. The second-order valence-corrected chi connectivity index (χ2v) is 4.16. The van der Waals surface area contributed by atoms with Gasteiger partial charge in [-0.2, -0.15) is 0 Å². The van der Waals surface area contributed by atoms with E-state index in [0.717, 1.165) is 5.56 Å². The van der Waals surface area contributed by atoms with Crippen molar-refractivity contribution in [2.24, 2.45) is 0 Å². The fraction of sp³-hybridized carbons (Fsp3) is 0.143. The van der Waals surface area contributed by atoms with E-state index in [2.05, 4.69) is 0 Å². The number of benzene rings is 2. The molecule has 0 saturated carbocycles. The minimum absolute atomic E-state index is 0.126.